The van der Waals surface area contributed by atoms with Gasteiger partial charge in [0.25, 0.3) is 0 Å². The normalized spacial score (nSPS) is 9.57. The van der Waals surface area contributed by atoms with Gasteiger partial charge in [-0.25, -0.2) is 4.79 Å². The quantitative estimate of drug-likeness (QED) is 0.899. The predicted octanol–water partition coefficient (Wildman–Crippen LogP) is 1.92. The van der Waals surface area contributed by atoms with Gasteiger partial charge in [0, 0.05) is 6.07 Å². The van der Waals surface area contributed by atoms with E-state index in [2.05, 4.69) is 15.9 Å². The van der Waals surface area contributed by atoms with Crippen LogP contribution >= 0.6 is 15.9 Å². The van der Waals surface area contributed by atoms with Gasteiger partial charge in [0.1, 0.15) is 11.5 Å². The van der Waals surface area contributed by atoms with Crippen LogP contribution < -0.4 is 9.47 Å². The van der Waals surface area contributed by atoms with Gasteiger partial charge in [-0.3, -0.25) is 0 Å². The van der Waals surface area contributed by atoms with Gasteiger partial charge in [0.2, 0.25) is 0 Å². The third kappa shape index (κ3) is 2.92. The predicted molar refractivity (Wildman–Crippen MR) is 53.8 cm³/mol. The van der Waals surface area contributed by atoms with Crippen molar-refractivity contribution in [2.75, 3.05) is 13.7 Å². The summed E-state index contributed by atoms with van der Waals surface area (Å²) in [6.45, 7) is -0.356. The van der Waals surface area contributed by atoms with Crippen LogP contribution in [0.5, 0.6) is 11.5 Å². The van der Waals surface area contributed by atoms with E-state index in [1.807, 2.05) is 0 Å². The average molecular weight is 261 g/mol. The highest BCUT2D eigenvalue weighted by molar-refractivity contribution is 9.10. The molecule has 5 heteroatoms. The van der Waals surface area contributed by atoms with Gasteiger partial charge >= 0.3 is 5.97 Å². The largest absolute Gasteiger partial charge is 0.495 e. The Hall–Kier alpha value is -1.23. The number of hydrogen-bond donors (Lipinski definition) is 1. The lowest BCUT2D eigenvalue weighted by Crippen LogP contribution is -2.09. The third-order valence-electron chi connectivity index (χ3n) is 1.48. The molecule has 0 aliphatic heterocycles. The molecule has 1 N–H and O–H groups in total. The summed E-state index contributed by atoms with van der Waals surface area (Å²) in [6, 6.07) is 5.01. The first-order chi connectivity index (χ1) is 6.63. The Morgan fingerprint density at radius 1 is 1.57 bits per heavy atom. The summed E-state index contributed by atoms with van der Waals surface area (Å²) in [5.41, 5.74) is 0. The van der Waals surface area contributed by atoms with Crippen LogP contribution in [0.3, 0.4) is 0 Å². The number of rotatable bonds is 4. The zero-order valence-electron chi connectivity index (χ0n) is 7.49. The van der Waals surface area contributed by atoms with Crippen molar-refractivity contribution in [1.82, 2.24) is 0 Å². The van der Waals surface area contributed by atoms with Gasteiger partial charge in [0.05, 0.1) is 11.6 Å². The van der Waals surface area contributed by atoms with Gasteiger partial charge < -0.3 is 14.6 Å². The van der Waals surface area contributed by atoms with Crippen molar-refractivity contribution in [3.63, 3.8) is 0 Å². The molecule has 4 nitrogen and oxygen atoms in total. The molecule has 0 heterocycles. The van der Waals surface area contributed by atoms with E-state index in [0.29, 0.717) is 11.5 Å². The summed E-state index contributed by atoms with van der Waals surface area (Å²) in [5, 5.41) is 8.39. The molecule has 0 saturated heterocycles. The number of methoxy groups -OCH3 is 1. The molecule has 0 spiro atoms. The average Bonchev–Trinajstić information content (AvgIpc) is 2.16. The molecule has 0 aliphatic rings. The Bertz CT molecular complexity index is 338. The van der Waals surface area contributed by atoms with Crippen molar-refractivity contribution in [2.24, 2.45) is 0 Å². The van der Waals surface area contributed by atoms with Gasteiger partial charge in [-0.15, -0.1) is 0 Å². The number of aliphatic carboxylic acids is 1. The smallest absolute Gasteiger partial charge is 0.341 e. The van der Waals surface area contributed by atoms with E-state index in [-0.39, 0.29) is 6.61 Å². The van der Waals surface area contributed by atoms with E-state index in [9.17, 15) is 4.79 Å². The highest BCUT2D eigenvalue weighted by Gasteiger charge is 2.03. The minimum atomic E-state index is -1.01. The molecule has 0 fully saturated rings. The van der Waals surface area contributed by atoms with Crippen molar-refractivity contribution in [3.05, 3.63) is 22.7 Å². The Labute approximate surface area is 89.6 Å². The van der Waals surface area contributed by atoms with Crippen LogP contribution in [-0.4, -0.2) is 24.8 Å². The zero-order valence-corrected chi connectivity index (χ0v) is 9.08. The van der Waals surface area contributed by atoms with Crippen LogP contribution in [0.4, 0.5) is 0 Å². The Kier molecular flexibility index (Phi) is 3.76. The van der Waals surface area contributed by atoms with Crippen molar-refractivity contribution in [1.29, 1.82) is 0 Å². The first-order valence-electron chi connectivity index (χ1n) is 3.81. The minimum Gasteiger partial charge on any atom is -0.495 e. The molecule has 76 valence electrons. The lowest BCUT2D eigenvalue weighted by atomic mass is 10.3. The highest BCUT2D eigenvalue weighted by Crippen LogP contribution is 2.28. The van der Waals surface area contributed by atoms with Crippen LogP contribution in [0, 0.1) is 0 Å². The number of carboxylic acids is 1. The molecule has 0 bridgehead atoms. The number of benzene rings is 1. The molecule has 0 saturated carbocycles. The second-order valence-corrected chi connectivity index (χ2v) is 3.33. The molecular formula is C9H9BrO4. The Morgan fingerprint density at radius 2 is 2.29 bits per heavy atom. The summed E-state index contributed by atoms with van der Waals surface area (Å²) in [7, 11) is 1.53. The fourth-order valence-electron chi connectivity index (χ4n) is 0.875. The number of carboxylic acid groups (broad SMARTS) is 1. The van der Waals surface area contributed by atoms with Gasteiger partial charge in [-0.2, -0.15) is 0 Å². The maximum Gasteiger partial charge on any atom is 0.341 e. The van der Waals surface area contributed by atoms with E-state index in [1.54, 1.807) is 18.2 Å². The molecule has 0 aromatic heterocycles. The highest BCUT2D eigenvalue weighted by atomic mass is 79.9. The number of ether oxygens (including phenoxy) is 2. The molecule has 0 unspecified atom stereocenters. The monoisotopic (exact) mass is 260 g/mol. The molecule has 1 rings (SSSR count). The van der Waals surface area contributed by atoms with Crippen molar-refractivity contribution in [2.45, 2.75) is 0 Å². The van der Waals surface area contributed by atoms with Gasteiger partial charge in [-0.05, 0) is 28.1 Å². The van der Waals surface area contributed by atoms with E-state index < -0.39 is 5.97 Å². The van der Waals surface area contributed by atoms with Crippen LogP contribution in [-0.2, 0) is 4.79 Å². The maximum absolute atomic E-state index is 10.2. The second kappa shape index (κ2) is 4.85. The summed E-state index contributed by atoms with van der Waals surface area (Å²) in [4.78, 5) is 10.2. The first-order valence-corrected chi connectivity index (χ1v) is 4.61. The first kappa shape index (κ1) is 10.8. The minimum absolute atomic E-state index is 0.356. The fourth-order valence-corrected chi connectivity index (χ4v) is 1.28. The van der Waals surface area contributed by atoms with Gasteiger partial charge in [0.15, 0.2) is 6.61 Å². The number of hydrogen-bond acceptors (Lipinski definition) is 3. The molecule has 0 radical (unpaired) electrons. The van der Waals surface area contributed by atoms with Crippen LogP contribution in [0.1, 0.15) is 0 Å². The maximum atomic E-state index is 10.2. The third-order valence-corrected chi connectivity index (χ3v) is 2.14. The summed E-state index contributed by atoms with van der Waals surface area (Å²) in [6.07, 6.45) is 0. The Morgan fingerprint density at radius 3 is 2.86 bits per heavy atom. The summed E-state index contributed by atoms with van der Waals surface area (Å²) >= 11 is 3.27. The zero-order chi connectivity index (χ0) is 10.6. The van der Waals surface area contributed by atoms with Crippen LogP contribution in [0.2, 0.25) is 0 Å². The SMILES string of the molecule is COc1cc(OCC(=O)O)ccc1Br. The van der Waals surface area contributed by atoms with Crippen molar-refractivity contribution >= 4 is 21.9 Å². The lowest BCUT2D eigenvalue weighted by Gasteiger charge is -2.06. The Balaban J connectivity index is 2.74. The van der Waals surface area contributed by atoms with E-state index in [4.69, 9.17) is 14.6 Å². The standard InChI is InChI=1S/C9H9BrO4/c1-13-8-4-6(2-3-7(8)10)14-5-9(11)12/h2-4H,5H2,1H3,(H,11,12). The number of halogens is 1. The molecule has 14 heavy (non-hydrogen) atoms. The molecule has 0 atom stereocenters. The second-order valence-electron chi connectivity index (χ2n) is 2.48. The fraction of sp³-hybridized carbons (Fsp3) is 0.222. The number of carbonyl (C=O) groups is 1. The van der Waals surface area contributed by atoms with Gasteiger partial charge in [-0.1, -0.05) is 0 Å². The summed E-state index contributed by atoms with van der Waals surface area (Å²) < 4.78 is 10.8. The lowest BCUT2D eigenvalue weighted by molar-refractivity contribution is -0.139. The molecule has 0 aliphatic carbocycles. The molecule has 1 aromatic carbocycles. The summed E-state index contributed by atoms with van der Waals surface area (Å²) in [5.74, 6) is 0.0622. The van der Waals surface area contributed by atoms with E-state index in [0.717, 1.165) is 4.47 Å². The molecule has 0 amide bonds. The van der Waals surface area contributed by atoms with Crippen molar-refractivity contribution < 1.29 is 19.4 Å². The van der Waals surface area contributed by atoms with Crippen LogP contribution in [0.25, 0.3) is 0 Å². The van der Waals surface area contributed by atoms with Crippen molar-refractivity contribution in [3.8, 4) is 11.5 Å². The van der Waals surface area contributed by atoms with Crippen LogP contribution in [0.15, 0.2) is 22.7 Å². The van der Waals surface area contributed by atoms with E-state index in [1.165, 1.54) is 7.11 Å². The molecular weight excluding hydrogens is 252 g/mol. The molecule has 1 aromatic rings. The topological polar surface area (TPSA) is 55.8 Å². The van der Waals surface area contributed by atoms with E-state index >= 15 is 0 Å².